The van der Waals surface area contributed by atoms with Gasteiger partial charge in [0.15, 0.2) is 0 Å². The molecule has 3 rings (SSSR count). The molecule has 0 bridgehead atoms. The van der Waals surface area contributed by atoms with E-state index in [1.165, 1.54) is 16.4 Å². The number of amides is 1. The number of hydrogen-bond acceptors (Lipinski definition) is 5. The first kappa shape index (κ1) is 21.3. The van der Waals surface area contributed by atoms with E-state index in [1.54, 1.807) is 19.1 Å². The Labute approximate surface area is 172 Å². The van der Waals surface area contributed by atoms with Gasteiger partial charge in [-0.3, -0.25) is 4.79 Å². The molecule has 1 amide bonds. The second-order valence-electron chi connectivity index (χ2n) is 7.27. The van der Waals surface area contributed by atoms with Crippen molar-refractivity contribution in [1.82, 2.24) is 4.31 Å². The molecule has 1 atom stereocenters. The van der Waals surface area contributed by atoms with Crippen LogP contribution in [0.1, 0.15) is 18.1 Å². The Morgan fingerprint density at radius 1 is 1.00 bits per heavy atom. The number of carbonyl (C=O) groups is 1. The smallest absolute Gasteiger partial charge is 0.246 e. The van der Waals surface area contributed by atoms with Gasteiger partial charge in [-0.25, -0.2) is 8.42 Å². The first-order valence-electron chi connectivity index (χ1n) is 9.59. The van der Waals surface area contributed by atoms with Gasteiger partial charge in [0.05, 0.1) is 18.1 Å². The fourth-order valence-corrected chi connectivity index (χ4v) is 4.68. The van der Waals surface area contributed by atoms with Crippen LogP contribution in [0.25, 0.3) is 0 Å². The van der Waals surface area contributed by atoms with Crippen LogP contribution >= 0.6 is 0 Å². The zero-order valence-electron chi connectivity index (χ0n) is 16.9. The fourth-order valence-electron chi connectivity index (χ4n) is 3.27. The van der Waals surface area contributed by atoms with Crippen molar-refractivity contribution >= 4 is 27.3 Å². The molecule has 1 saturated heterocycles. The normalized spacial score (nSPS) is 16.2. The number of sulfonamides is 1. The number of morpholine rings is 1. The summed E-state index contributed by atoms with van der Waals surface area (Å²) in [4.78, 5) is 12.7. The SMILES string of the molecule is Cc1cc(C)cc(N[C@@H](C)C(=O)Nc2ccc(S(=O)(=O)N3CCOCC3)cc2)c1. The van der Waals surface area contributed by atoms with Gasteiger partial charge in [0.2, 0.25) is 15.9 Å². The third-order valence-electron chi connectivity index (χ3n) is 4.73. The molecule has 2 aromatic rings. The van der Waals surface area contributed by atoms with Gasteiger partial charge in [-0.1, -0.05) is 6.07 Å². The van der Waals surface area contributed by atoms with Crippen molar-refractivity contribution in [2.45, 2.75) is 31.7 Å². The molecule has 0 aromatic heterocycles. The lowest BCUT2D eigenvalue weighted by molar-refractivity contribution is -0.116. The van der Waals surface area contributed by atoms with Crippen molar-refractivity contribution in [3.05, 3.63) is 53.6 Å². The van der Waals surface area contributed by atoms with Crippen molar-refractivity contribution in [2.75, 3.05) is 36.9 Å². The molecule has 1 fully saturated rings. The van der Waals surface area contributed by atoms with Gasteiger partial charge in [-0.05, 0) is 68.3 Å². The summed E-state index contributed by atoms with van der Waals surface area (Å²) in [5.41, 5.74) is 3.68. The summed E-state index contributed by atoms with van der Waals surface area (Å²) in [6.07, 6.45) is 0. The second-order valence-corrected chi connectivity index (χ2v) is 9.21. The minimum atomic E-state index is -3.54. The number of benzene rings is 2. The Hall–Kier alpha value is -2.42. The number of ether oxygens (including phenoxy) is 1. The first-order chi connectivity index (χ1) is 13.8. The number of hydrogen-bond donors (Lipinski definition) is 2. The molecule has 1 heterocycles. The minimum Gasteiger partial charge on any atom is -0.379 e. The van der Waals surface area contributed by atoms with Crippen LogP contribution in [-0.4, -0.2) is 51.0 Å². The summed E-state index contributed by atoms with van der Waals surface area (Å²) >= 11 is 0. The molecular weight excluding hydrogens is 390 g/mol. The van der Waals surface area contributed by atoms with Gasteiger partial charge in [0, 0.05) is 24.5 Å². The average molecular weight is 418 g/mol. The van der Waals surface area contributed by atoms with Gasteiger partial charge in [-0.15, -0.1) is 0 Å². The predicted octanol–water partition coefficient (Wildman–Crippen LogP) is 2.76. The number of nitrogens with one attached hydrogen (secondary N) is 2. The van der Waals surface area contributed by atoms with Gasteiger partial charge >= 0.3 is 0 Å². The van der Waals surface area contributed by atoms with Crippen molar-refractivity contribution in [3.8, 4) is 0 Å². The third-order valence-corrected chi connectivity index (χ3v) is 6.64. The van der Waals surface area contributed by atoms with Gasteiger partial charge < -0.3 is 15.4 Å². The quantitative estimate of drug-likeness (QED) is 0.755. The molecule has 1 aliphatic rings. The maximum atomic E-state index is 12.7. The van der Waals surface area contributed by atoms with E-state index in [0.29, 0.717) is 32.0 Å². The monoisotopic (exact) mass is 417 g/mol. The highest BCUT2D eigenvalue weighted by Gasteiger charge is 2.26. The largest absolute Gasteiger partial charge is 0.379 e. The Morgan fingerprint density at radius 3 is 2.17 bits per heavy atom. The molecule has 0 aliphatic carbocycles. The lowest BCUT2D eigenvalue weighted by Crippen LogP contribution is -2.40. The summed E-state index contributed by atoms with van der Waals surface area (Å²) in [6.45, 7) is 7.30. The lowest BCUT2D eigenvalue weighted by Gasteiger charge is -2.26. The van der Waals surface area contributed by atoms with Crippen molar-refractivity contribution in [1.29, 1.82) is 0 Å². The van der Waals surface area contributed by atoms with Crippen molar-refractivity contribution < 1.29 is 17.9 Å². The van der Waals surface area contributed by atoms with Gasteiger partial charge in [0.25, 0.3) is 0 Å². The highest BCUT2D eigenvalue weighted by atomic mass is 32.2. The van der Waals surface area contributed by atoms with Crippen LogP contribution in [0.4, 0.5) is 11.4 Å². The standard InChI is InChI=1S/C21H27N3O4S/c1-15-12-16(2)14-19(13-15)22-17(3)21(25)23-18-4-6-20(7-5-18)29(26,27)24-8-10-28-11-9-24/h4-7,12-14,17,22H,8-11H2,1-3H3,(H,23,25)/t17-/m0/s1. The van der Waals surface area contributed by atoms with Crippen LogP contribution in [0.3, 0.4) is 0 Å². The van der Waals surface area contributed by atoms with E-state index in [1.807, 2.05) is 26.0 Å². The fraction of sp³-hybridized carbons (Fsp3) is 0.381. The molecule has 0 unspecified atom stereocenters. The number of anilines is 2. The van der Waals surface area contributed by atoms with E-state index < -0.39 is 16.1 Å². The van der Waals surface area contributed by atoms with Crippen LogP contribution in [0.15, 0.2) is 47.4 Å². The molecular formula is C21H27N3O4S. The molecule has 156 valence electrons. The van der Waals surface area contributed by atoms with E-state index in [-0.39, 0.29) is 10.8 Å². The summed E-state index contributed by atoms with van der Waals surface area (Å²) in [6, 6.07) is 11.8. The zero-order valence-corrected chi connectivity index (χ0v) is 17.8. The number of carbonyl (C=O) groups excluding carboxylic acids is 1. The molecule has 0 spiro atoms. The molecule has 7 nitrogen and oxygen atoms in total. The van der Waals surface area contributed by atoms with Crippen LogP contribution in [-0.2, 0) is 19.6 Å². The van der Waals surface area contributed by atoms with Gasteiger partial charge in [-0.2, -0.15) is 4.31 Å². The highest BCUT2D eigenvalue weighted by molar-refractivity contribution is 7.89. The highest BCUT2D eigenvalue weighted by Crippen LogP contribution is 2.20. The van der Waals surface area contributed by atoms with E-state index in [0.717, 1.165) is 16.8 Å². The molecule has 2 N–H and O–H groups in total. The van der Waals surface area contributed by atoms with Gasteiger partial charge in [0.1, 0.15) is 6.04 Å². The van der Waals surface area contributed by atoms with E-state index >= 15 is 0 Å². The van der Waals surface area contributed by atoms with E-state index in [4.69, 9.17) is 4.74 Å². The summed E-state index contributed by atoms with van der Waals surface area (Å²) in [5, 5.41) is 6.02. The number of rotatable bonds is 6. The van der Waals surface area contributed by atoms with Crippen LogP contribution in [0.5, 0.6) is 0 Å². The topological polar surface area (TPSA) is 87.7 Å². The number of nitrogens with zero attached hydrogens (tertiary/aromatic N) is 1. The lowest BCUT2D eigenvalue weighted by atomic mass is 10.1. The van der Waals surface area contributed by atoms with Crippen LogP contribution < -0.4 is 10.6 Å². The van der Waals surface area contributed by atoms with Crippen molar-refractivity contribution in [3.63, 3.8) is 0 Å². The van der Waals surface area contributed by atoms with Crippen molar-refractivity contribution in [2.24, 2.45) is 0 Å². The maximum absolute atomic E-state index is 12.7. The molecule has 0 saturated carbocycles. The molecule has 2 aromatic carbocycles. The Bertz CT molecular complexity index is 948. The van der Waals surface area contributed by atoms with E-state index in [9.17, 15) is 13.2 Å². The third kappa shape index (κ3) is 5.35. The Kier molecular flexibility index (Phi) is 6.56. The van der Waals surface area contributed by atoms with E-state index in [2.05, 4.69) is 16.7 Å². The predicted molar refractivity (Wildman–Crippen MR) is 114 cm³/mol. The number of aryl methyl sites for hydroxylation is 2. The molecule has 8 heteroatoms. The molecule has 1 aliphatic heterocycles. The average Bonchev–Trinajstić information content (AvgIpc) is 2.68. The zero-order chi connectivity index (χ0) is 21.0. The minimum absolute atomic E-state index is 0.201. The maximum Gasteiger partial charge on any atom is 0.246 e. The van der Waals surface area contributed by atoms with Crippen LogP contribution in [0, 0.1) is 13.8 Å². The second kappa shape index (κ2) is 8.94. The first-order valence-corrected chi connectivity index (χ1v) is 11.0. The summed E-state index contributed by atoms with van der Waals surface area (Å²) in [7, 11) is -3.54. The summed E-state index contributed by atoms with van der Waals surface area (Å²) < 4.78 is 31.9. The summed E-state index contributed by atoms with van der Waals surface area (Å²) in [5.74, 6) is -0.201. The Balaban J connectivity index is 1.63. The van der Waals surface area contributed by atoms with Crippen LogP contribution in [0.2, 0.25) is 0 Å². The molecule has 0 radical (unpaired) electrons. The Morgan fingerprint density at radius 2 is 1.59 bits per heavy atom. The molecule has 29 heavy (non-hydrogen) atoms.